The quantitative estimate of drug-likeness (QED) is 0.732. The number of aromatic nitrogens is 1. The highest BCUT2D eigenvalue weighted by atomic mass is 35.5. The normalized spacial score (nSPS) is 15.1. The Bertz CT molecular complexity index is 801. The first-order valence-corrected chi connectivity index (χ1v) is 9.73. The van der Waals surface area contributed by atoms with Gasteiger partial charge in [-0.25, -0.2) is 0 Å². The molecule has 0 atom stereocenters. The molecule has 0 aliphatic carbocycles. The van der Waals surface area contributed by atoms with Gasteiger partial charge in [0.1, 0.15) is 6.10 Å². The maximum absolute atomic E-state index is 12.6. The maximum Gasteiger partial charge on any atom is 0.251 e. The first kappa shape index (κ1) is 23.0. The number of halogens is 1. The Morgan fingerprint density at radius 3 is 2.62 bits per heavy atom. The van der Waals surface area contributed by atoms with E-state index < -0.39 is 0 Å². The van der Waals surface area contributed by atoms with Gasteiger partial charge in [0.2, 0.25) is 0 Å². The summed E-state index contributed by atoms with van der Waals surface area (Å²) in [4.78, 5) is 14.9. The van der Waals surface area contributed by atoms with Crippen LogP contribution in [0.4, 0.5) is 0 Å². The van der Waals surface area contributed by atoms with Gasteiger partial charge in [0.15, 0.2) is 17.3 Å². The van der Waals surface area contributed by atoms with Crippen LogP contribution in [0, 0.1) is 0 Å². The van der Waals surface area contributed by atoms with E-state index in [2.05, 4.69) is 22.4 Å². The van der Waals surface area contributed by atoms with E-state index >= 15 is 0 Å². The minimum atomic E-state index is -0.196. The second kappa shape index (κ2) is 10.5. The van der Waals surface area contributed by atoms with E-state index in [1.54, 1.807) is 25.3 Å². The SMILES string of the molecule is COc1ccc(C(=O)NCc2cc(C(C)C)no2)cc1OC1CCN(C)CC1.Cl. The highest BCUT2D eigenvalue weighted by Crippen LogP contribution is 2.30. The van der Waals surface area contributed by atoms with Gasteiger partial charge in [0, 0.05) is 24.7 Å². The summed E-state index contributed by atoms with van der Waals surface area (Å²) in [6, 6.07) is 7.11. The predicted molar refractivity (Wildman–Crippen MR) is 113 cm³/mol. The number of nitrogens with zero attached hydrogens (tertiary/aromatic N) is 2. The Labute approximate surface area is 178 Å². The molecule has 0 unspecified atom stereocenters. The average molecular weight is 424 g/mol. The number of piperidine rings is 1. The molecule has 0 spiro atoms. The van der Waals surface area contributed by atoms with E-state index in [0.717, 1.165) is 31.6 Å². The van der Waals surface area contributed by atoms with Crippen molar-refractivity contribution in [3.05, 3.63) is 41.3 Å². The lowest BCUT2D eigenvalue weighted by atomic mass is 10.1. The van der Waals surface area contributed by atoms with Crippen molar-refractivity contribution in [2.45, 2.75) is 45.3 Å². The fraction of sp³-hybridized carbons (Fsp3) is 0.524. The summed E-state index contributed by atoms with van der Waals surface area (Å²) in [6.45, 7) is 6.38. The van der Waals surface area contributed by atoms with Crippen LogP contribution in [-0.4, -0.2) is 49.3 Å². The van der Waals surface area contributed by atoms with Gasteiger partial charge in [0.25, 0.3) is 5.91 Å². The van der Waals surface area contributed by atoms with Crippen LogP contribution in [-0.2, 0) is 6.54 Å². The summed E-state index contributed by atoms with van der Waals surface area (Å²) in [5.74, 6) is 1.96. The van der Waals surface area contributed by atoms with Gasteiger partial charge in [-0.15, -0.1) is 12.4 Å². The largest absolute Gasteiger partial charge is 0.493 e. The van der Waals surface area contributed by atoms with Gasteiger partial charge in [-0.3, -0.25) is 4.79 Å². The number of benzene rings is 1. The van der Waals surface area contributed by atoms with E-state index in [9.17, 15) is 4.79 Å². The summed E-state index contributed by atoms with van der Waals surface area (Å²) in [6.07, 6.45) is 2.05. The van der Waals surface area contributed by atoms with Crippen LogP contribution >= 0.6 is 12.4 Å². The topological polar surface area (TPSA) is 76.8 Å². The molecule has 8 heteroatoms. The Morgan fingerprint density at radius 1 is 1.28 bits per heavy atom. The highest BCUT2D eigenvalue weighted by Gasteiger charge is 2.20. The third kappa shape index (κ3) is 6.11. The number of carbonyl (C=O) groups excluding carboxylic acids is 1. The molecule has 1 aromatic carbocycles. The molecule has 1 N–H and O–H groups in total. The number of carbonyl (C=O) groups is 1. The van der Waals surface area contributed by atoms with Crippen LogP contribution in [0.5, 0.6) is 11.5 Å². The fourth-order valence-corrected chi connectivity index (χ4v) is 3.15. The van der Waals surface area contributed by atoms with Crippen molar-refractivity contribution in [2.24, 2.45) is 0 Å². The van der Waals surface area contributed by atoms with Gasteiger partial charge in [-0.1, -0.05) is 19.0 Å². The van der Waals surface area contributed by atoms with Crippen molar-refractivity contribution >= 4 is 18.3 Å². The van der Waals surface area contributed by atoms with Gasteiger partial charge in [-0.2, -0.15) is 0 Å². The average Bonchev–Trinajstić information content (AvgIpc) is 3.17. The molecular weight excluding hydrogens is 394 g/mol. The summed E-state index contributed by atoms with van der Waals surface area (Å²) in [5.41, 5.74) is 1.40. The monoisotopic (exact) mass is 423 g/mol. The Hall–Kier alpha value is -2.25. The number of ether oxygens (including phenoxy) is 2. The third-order valence-electron chi connectivity index (χ3n) is 4.98. The standard InChI is InChI=1S/C21H29N3O4.ClH/c1-14(2)18-12-17(28-23-18)13-22-21(25)15-5-6-19(26-4)20(11-15)27-16-7-9-24(3)10-8-16;/h5-6,11-12,14,16H,7-10,13H2,1-4H3,(H,22,25);1H. The van der Waals surface area contributed by atoms with Crippen molar-refractivity contribution in [3.8, 4) is 11.5 Å². The number of rotatable bonds is 7. The highest BCUT2D eigenvalue weighted by molar-refractivity contribution is 5.94. The van der Waals surface area contributed by atoms with Gasteiger partial charge in [0.05, 0.1) is 19.3 Å². The van der Waals surface area contributed by atoms with Crippen LogP contribution in [0.25, 0.3) is 0 Å². The molecule has 1 saturated heterocycles. The van der Waals surface area contributed by atoms with E-state index in [1.807, 2.05) is 19.9 Å². The molecule has 2 heterocycles. The van der Waals surface area contributed by atoms with E-state index in [0.29, 0.717) is 22.8 Å². The number of hydrogen-bond acceptors (Lipinski definition) is 6. The lowest BCUT2D eigenvalue weighted by Gasteiger charge is -2.29. The number of methoxy groups -OCH3 is 1. The first-order chi connectivity index (χ1) is 13.5. The van der Waals surface area contributed by atoms with E-state index in [-0.39, 0.29) is 36.9 Å². The lowest BCUT2D eigenvalue weighted by molar-refractivity contribution is 0.0943. The molecule has 1 aromatic heterocycles. The summed E-state index contributed by atoms with van der Waals surface area (Å²) < 4.78 is 16.8. The zero-order valence-corrected chi connectivity index (χ0v) is 18.3. The summed E-state index contributed by atoms with van der Waals surface area (Å²) in [5, 5.41) is 6.87. The van der Waals surface area contributed by atoms with Crippen molar-refractivity contribution in [1.29, 1.82) is 0 Å². The smallest absolute Gasteiger partial charge is 0.251 e. The third-order valence-corrected chi connectivity index (χ3v) is 4.98. The van der Waals surface area contributed by atoms with Crippen molar-refractivity contribution < 1.29 is 18.8 Å². The molecule has 1 aliphatic rings. The van der Waals surface area contributed by atoms with E-state index in [1.165, 1.54) is 0 Å². The fourth-order valence-electron chi connectivity index (χ4n) is 3.15. The number of likely N-dealkylation sites (tertiary alicyclic amines) is 1. The first-order valence-electron chi connectivity index (χ1n) is 9.73. The summed E-state index contributed by atoms with van der Waals surface area (Å²) >= 11 is 0. The van der Waals surface area contributed by atoms with Crippen LogP contribution in [0.2, 0.25) is 0 Å². The van der Waals surface area contributed by atoms with Crippen LogP contribution in [0.3, 0.4) is 0 Å². The minimum Gasteiger partial charge on any atom is -0.493 e. The number of amides is 1. The van der Waals surface area contributed by atoms with Gasteiger partial charge in [-0.05, 0) is 44.0 Å². The molecular formula is C21H30ClN3O4. The molecule has 160 valence electrons. The Morgan fingerprint density at radius 2 is 2.00 bits per heavy atom. The molecule has 3 rings (SSSR count). The lowest BCUT2D eigenvalue weighted by Crippen LogP contribution is -2.35. The van der Waals surface area contributed by atoms with Crippen LogP contribution < -0.4 is 14.8 Å². The molecule has 29 heavy (non-hydrogen) atoms. The summed E-state index contributed by atoms with van der Waals surface area (Å²) in [7, 11) is 3.72. The van der Waals surface area contributed by atoms with Crippen molar-refractivity contribution in [2.75, 3.05) is 27.2 Å². The Kier molecular flexibility index (Phi) is 8.34. The number of nitrogens with one attached hydrogen (secondary N) is 1. The molecule has 0 radical (unpaired) electrons. The molecule has 1 fully saturated rings. The van der Waals surface area contributed by atoms with E-state index in [4.69, 9.17) is 14.0 Å². The van der Waals surface area contributed by atoms with Crippen molar-refractivity contribution in [1.82, 2.24) is 15.4 Å². The zero-order chi connectivity index (χ0) is 20.1. The molecule has 0 saturated carbocycles. The molecule has 7 nitrogen and oxygen atoms in total. The molecule has 1 amide bonds. The Balaban J connectivity index is 0.00000300. The van der Waals surface area contributed by atoms with Crippen LogP contribution in [0.1, 0.15) is 54.4 Å². The van der Waals surface area contributed by atoms with Crippen LogP contribution in [0.15, 0.2) is 28.8 Å². The molecule has 2 aromatic rings. The van der Waals surface area contributed by atoms with Crippen molar-refractivity contribution in [3.63, 3.8) is 0 Å². The maximum atomic E-state index is 12.6. The predicted octanol–water partition coefficient (Wildman–Crippen LogP) is 3.63. The molecule has 0 bridgehead atoms. The molecule has 1 aliphatic heterocycles. The second-order valence-corrected chi connectivity index (χ2v) is 7.54. The number of hydrogen-bond donors (Lipinski definition) is 1. The van der Waals surface area contributed by atoms with Gasteiger partial charge < -0.3 is 24.2 Å². The van der Waals surface area contributed by atoms with Gasteiger partial charge >= 0.3 is 0 Å². The minimum absolute atomic E-state index is 0. The zero-order valence-electron chi connectivity index (χ0n) is 17.4. The second-order valence-electron chi connectivity index (χ2n) is 7.54.